The van der Waals surface area contributed by atoms with Gasteiger partial charge in [-0.1, -0.05) is 0 Å². The molecule has 0 atom stereocenters. The summed E-state index contributed by atoms with van der Waals surface area (Å²) in [6.07, 6.45) is 0.942. The van der Waals surface area contributed by atoms with E-state index in [-0.39, 0.29) is 0 Å². The van der Waals surface area contributed by atoms with E-state index in [0.717, 1.165) is 18.8 Å². The van der Waals surface area contributed by atoms with E-state index in [1.807, 2.05) is 11.4 Å². The van der Waals surface area contributed by atoms with E-state index in [2.05, 4.69) is 0 Å². The lowest BCUT2D eigenvalue weighted by Gasteiger charge is -2.00. The Morgan fingerprint density at radius 1 is 1.45 bits per heavy atom. The largest absolute Gasteiger partial charge is 0.496 e. The molecule has 0 bridgehead atoms. The summed E-state index contributed by atoms with van der Waals surface area (Å²) in [5.41, 5.74) is 0. The second kappa shape index (κ2) is 4.36. The van der Waals surface area contributed by atoms with Gasteiger partial charge in [-0.2, -0.15) is 0 Å². The minimum absolute atomic E-state index is 0.761. The molecule has 0 aliphatic heterocycles. The predicted octanol–water partition coefficient (Wildman–Crippen LogP) is 1.95. The fraction of sp³-hybridized carbons (Fsp3) is 0.500. The smallest absolute Gasteiger partial charge is 0.132 e. The van der Waals surface area contributed by atoms with Gasteiger partial charge in [0.2, 0.25) is 0 Å². The first-order valence-electron chi connectivity index (χ1n) is 3.47. The molecule has 11 heavy (non-hydrogen) atoms. The van der Waals surface area contributed by atoms with E-state index in [1.54, 1.807) is 25.6 Å². The normalized spacial score (nSPS) is 10.0. The number of thiophene rings is 1. The molecule has 0 saturated heterocycles. The minimum Gasteiger partial charge on any atom is -0.496 e. The van der Waals surface area contributed by atoms with Crippen LogP contribution in [0.2, 0.25) is 0 Å². The van der Waals surface area contributed by atoms with Crippen molar-refractivity contribution in [1.29, 1.82) is 0 Å². The molecule has 1 aromatic heterocycles. The van der Waals surface area contributed by atoms with Gasteiger partial charge in [0.1, 0.15) is 5.75 Å². The Bertz CT molecular complexity index is 208. The Kier molecular flexibility index (Phi) is 3.39. The number of hydrogen-bond donors (Lipinski definition) is 0. The van der Waals surface area contributed by atoms with Crippen molar-refractivity contribution in [1.82, 2.24) is 0 Å². The van der Waals surface area contributed by atoms with Gasteiger partial charge in [-0.3, -0.25) is 0 Å². The predicted molar refractivity (Wildman–Crippen MR) is 46.5 cm³/mol. The monoisotopic (exact) mass is 172 g/mol. The molecule has 1 aromatic rings. The van der Waals surface area contributed by atoms with Gasteiger partial charge in [0, 0.05) is 18.4 Å². The lowest BCUT2D eigenvalue weighted by molar-refractivity contribution is 0.202. The number of hydrogen-bond acceptors (Lipinski definition) is 3. The SMILES string of the molecule is COCCc1sccc1OC. The van der Waals surface area contributed by atoms with Crippen molar-refractivity contribution in [2.45, 2.75) is 6.42 Å². The van der Waals surface area contributed by atoms with Crippen LogP contribution in [0.5, 0.6) is 5.75 Å². The Morgan fingerprint density at radius 3 is 2.91 bits per heavy atom. The second-order valence-corrected chi connectivity index (χ2v) is 3.16. The molecular weight excluding hydrogens is 160 g/mol. The van der Waals surface area contributed by atoms with Crippen molar-refractivity contribution < 1.29 is 9.47 Å². The van der Waals surface area contributed by atoms with Crippen molar-refractivity contribution in [3.8, 4) is 5.75 Å². The summed E-state index contributed by atoms with van der Waals surface area (Å²) in [5.74, 6) is 0.979. The molecule has 0 fully saturated rings. The number of ether oxygens (including phenoxy) is 2. The van der Waals surface area contributed by atoms with Crippen LogP contribution in [0, 0.1) is 0 Å². The Balaban J connectivity index is 2.54. The maximum atomic E-state index is 5.14. The third-order valence-electron chi connectivity index (χ3n) is 1.46. The van der Waals surface area contributed by atoms with Crippen molar-refractivity contribution in [3.05, 3.63) is 16.3 Å². The summed E-state index contributed by atoms with van der Waals surface area (Å²) in [7, 11) is 3.40. The number of methoxy groups -OCH3 is 2. The molecule has 2 nitrogen and oxygen atoms in total. The Hall–Kier alpha value is -0.540. The lowest BCUT2D eigenvalue weighted by atomic mass is 10.3. The zero-order valence-electron chi connectivity index (χ0n) is 6.79. The van der Waals surface area contributed by atoms with Crippen LogP contribution in [0.4, 0.5) is 0 Å². The van der Waals surface area contributed by atoms with Crippen LogP contribution in [-0.2, 0) is 11.2 Å². The highest BCUT2D eigenvalue weighted by atomic mass is 32.1. The van der Waals surface area contributed by atoms with E-state index in [9.17, 15) is 0 Å². The average Bonchev–Trinajstić information content (AvgIpc) is 2.47. The van der Waals surface area contributed by atoms with Crippen LogP contribution in [0.15, 0.2) is 11.4 Å². The van der Waals surface area contributed by atoms with Gasteiger partial charge >= 0.3 is 0 Å². The molecule has 62 valence electrons. The van der Waals surface area contributed by atoms with E-state index in [4.69, 9.17) is 9.47 Å². The first-order valence-corrected chi connectivity index (χ1v) is 4.35. The summed E-state index contributed by atoms with van der Waals surface area (Å²) < 4.78 is 10.1. The first kappa shape index (κ1) is 8.56. The second-order valence-electron chi connectivity index (χ2n) is 2.15. The van der Waals surface area contributed by atoms with Crippen LogP contribution in [0.1, 0.15) is 4.88 Å². The van der Waals surface area contributed by atoms with Gasteiger partial charge in [-0.25, -0.2) is 0 Å². The molecule has 0 aliphatic rings. The molecule has 0 saturated carbocycles. The van der Waals surface area contributed by atoms with Crippen LogP contribution >= 0.6 is 11.3 Å². The summed E-state index contributed by atoms with van der Waals surface area (Å²) >= 11 is 1.71. The molecule has 1 rings (SSSR count). The summed E-state index contributed by atoms with van der Waals surface area (Å²) in [6.45, 7) is 0.761. The van der Waals surface area contributed by atoms with Gasteiger partial charge in [-0.15, -0.1) is 11.3 Å². The van der Waals surface area contributed by atoms with Gasteiger partial charge in [0.05, 0.1) is 13.7 Å². The van der Waals surface area contributed by atoms with Crippen molar-refractivity contribution in [2.75, 3.05) is 20.8 Å². The molecule has 3 heteroatoms. The molecule has 0 spiro atoms. The molecular formula is C8H12O2S. The first-order chi connectivity index (χ1) is 5.38. The number of rotatable bonds is 4. The van der Waals surface area contributed by atoms with Crippen molar-refractivity contribution in [2.24, 2.45) is 0 Å². The topological polar surface area (TPSA) is 18.5 Å². The molecule has 0 amide bonds. The summed E-state index contributed by atoms with van der Waals surface area (Å²) in [6, 6.07) is 1.98. The van der Waals surface area contributed by atoms with E-state index in [0.29, 0.717) is 0 Å². The Labute approximate surface area is 70.8 Å². The zero-order chi connectivity index (χ0) is 8.10. The summed E-state index contributed by atoms with van der Waals surface area (Å²) in [5, 5.41) is 2.03. The van der Waals surface area contributed by atoms with E-state index < -0.39 is 0 Å². The van der Waals surface area contributed by atoms with Gasteiger partial charge < -0.3 is 9.47 Å². The molecule has 1 heterocycles. The van der Waals surface area contributed by atoms with Crippen LogP contribution in [-0.4, -0.2) is 20.8 Å². The highest BCUT2D eigenvalue weighted by molar-refractivity contribution is 7.10. The molecule has 0 aliphatic carbocycles. The molecule has 0 aromatic carbocycles. The van der Waals surface area contributed by atoms with Gasteiger partial charge in [-0.05, 0) is 11.4 Å². The fourth-order valence-corrected chi connectivity index (χ4v) is 1.71. The fourth-order valence-electron chi connectivity index (χ4n) is 0.888. The minimum atomic E-state index is 0.761. The lowest BCUT2D eigenvalue weighted by Crippen LogP contribution is -1.93. The standard InChI is InChI=1S/C8H12O2S/c1-9-5-3-8-7(10-2)4-6-11-8/h4,6H,3,5H2,1-2H3. The van der Waals surface area contributed by atoms with Crippen molar-refractivity contribution >= 4 is 11.3 Å². The highest BCUT2D eigenvalue weighted by Gasteiger charge is 2.02. The quantitative estimate of drug-likeness (QED) is 0.691. The van der Waals surface area contributed by atoms with Crippen molar-refractivity contribution in [3.63, 3.8) is 0 Å². The van der Waals surface area contributed by atoms with E-state index >= 15 is 0 Å². The Morgan fingerprint density at radius 2 is 2.27 bits per heavy atom. The maximum Gasteiger partial charge on any atom is 0.132 e. The van der Waals surface area contributed by atoms with E-state index in [1.165, 1.54) is 4.88 Å². The van der Waals surface area contributed by atoms with Gasteiger partial charge in [0.25, 0.3) is 0 Å². The molecule has 0 unspecified atom stereocenters. The maximum absolute atomic E-state index is 5.14. The molecule has 0 N–H and O–H groups in total. The zero-order valence-corrected chi connectivity index (χ0v) is 7.61. The molecule has 0 radical (unpaired) electrons. The third kappa shape index (κ3) is 2.20. The van der Waals surface area contributed by atoms with Crippen LogP contribution in [0.3, 0.4) is 0 Å². The van der Waals surface area contributed by atoms with Gasteiger partial charge in [0.15, 0.2) is 0 Å². The third-order valence-corrected chi connectivity index (χ3v) is 2.42. The average molecular weight is 172 g/mol. The van der Waals surface area contributed by atoms with Crippen LogP contribution in [0.25, 0.3) is 0 Å². The highest BCUT2D eigenvalue weighted by Crippen LogP contribution is 2.24. The summed E-state index contributed by atoms with van der Waals surface area (Å²) in [4.78, 5) is 1.26. The van der Waals surface area contributed by atoms with Crippen LogP contribution < -0.4 is 4.74 Å².